The first-order chi connectivity index (χ1) is 9.51. The Labute approximate surface area is 129 Å². The monoisotopic (exact) mass is 299 g/mol. The van der Waals surface area contributed by atoms with E-state index >= 15 is 0 Å². The molecule has 1 fully saturated rings. The molecule has 0 saturated carbocycles. The highest BCUT2D eigenvalue weighted by molar-refractivity contribution is 5.75. The van der Waals surface area contributed by atoms with E-state index in [0.717, 1.165) is 25.7 Å². The SMILES string of the molecule is CCCC(C)(CO)NC(=O)NC1CC(C)(C)NC(C)(C)C1. The molecule has 0 aliphatic carbocycles. The third-order valence-electron chi connectivity index (χ3n) is 4.09. The van der Waals surface area contributed by atoms with Gasteiger partial charge in [-0.15, -0.1) is 0 Å². The van der Waals surface area contributed by atoms with Gasteiger partial charge in [0.25, 0.3) is 0 Å². The maximum atomic E-state index is 12.2. The first-order valence-corrected chi connectivity index (χ1v) is 8.00. The van der Waals surface area contributed by atoms with Crippen LogP contribution in [0.2, 0.25) is 0 Å². The lowest BCUT2D eigenvalue weighted by molar-refractivity contribution is 0.138. The van der Waals surface area contributed by atoms with Crippen LogP contribution < -0.4 is 16.0 Å². The average Bonchev–Trinajstić information content (AvgIpc) is 2.24. The molecule has 1 saturated heterocycles. The fourth-order valence-electron chi connectivity index (χ4n) is 3.65. The van der Waals surface area contributed by atoms with Gasteiger partial charge in [0, 0.05) is 17.1 Å². The van der Waals surface area contributed by atoms with Crippen LogP contribution in [0.3, 0.4) is 0 Å². The Morgan fingerprint density at radius 2 is 1.81 bits per heavy atom. The van der Waals surface area contributed by atoms with E-state index in [4.69, 9.17) is 0 Å². The molecular formula is C16H33N3O2. The second-order valence-corrected chi connectivity index (χ2v) is 8.07. The Bertz CT molecular complexity index is 353. The van der Waals surface area contributed by atoms with Gasteiger partial charge in [-0.3, -0.25) is 0 Å². The molecule has 2 amide bonds. The minimum Gasteiger partial charge on any atom is -0.394 e. The Kier molecular flexibility index (Phi) is 5.67. The summed E-state index contributed by atoms with van der Waals surface area (Å²) in [6, 6.07) is -0.0423. The quantitative estimate of drug-likeness (QED) is 0.628. The van der Waals surface area contributed by atoms with Gasteiger partial charge in [-0.2, -0.15) is 0 Å². The number of piperidine rings is 1. The lowest BCUT2D eigenvalue weighted by Crippen LogP contribution is -2.63. The second-order valence-electron chi connectivity index (χ2n) is 8.07. The fraction of sp³-hybridized carbons (Fsp3) is 0.938. The third kappa shape index (κ3) is 5.83. The van der Waals surface area contributed by atoms with Crippen LogP contribution >= 0.6 is 0 Å². The Morgan fingerprint density at radius 1 is 1.29 bits per heavy atom. The summed E-state index contributed by atoms with van der Waals surface area (Å²) < 4.78 is 0. The van der Waals surface area contributed by atoms with Gasteiger partial charge in [0.05, 0.1) is 12.1 Å². The van der Waals surface area contributed by atoms with E-state index in [0.29, 0.717) is 0 Å². The number of urea groups is 1. The third-order valence-corrected chi connectivity index (χ3v) is 4.09. The lowest BCUT2D eigenvalue weighted by atomic mass is 9.79. The molecule has 1 rings (SSSR count). The Morgan fingerprint density at radius 3 is 2.24 bits per heavy atom. The van der Waals surface area contributed by atoms with Gasteiger partial charge in [0.15, 0.2) is 0 Å². The molecule has 5 nitrogen and oxygen atoms in total. The van der Waals surface area contributed by atoms with Crippen molar-refractivity contribution in [1.29, 1.82) is 0 Å². The summed E-state index contributed by atoms with van der Waals surface area (Å²) in [5, 5.41) is 19.1. The maximum Gasteiger partial charge on any atom is 0.315 e. The summed E-state index contributed by atoms with van der Waals surface area (Å²) >= 11 is 0. The molecule has 124 valence electrons. The van der Waals surface area contributed by atoms with Gasteiger partial charge in [-0.1, -0.05) is 13.3 Å². The molecule has 0 spiro atoms. The molecule has 1 aliphatic heterocycles. The van der Waals surface area contributed by atoms with Crippen LogP contribution in [0.15, 0.2) is 0 Å². The molecule has 1 heterocycles. The maximum absolute atomic E-state index is 12.2. The summed E-state index contributed by atoms with van der Waals surface area (Å²) in [4.78, 5) is 12.2. The minimum absolute atomic E-state index is 0.00337. The predicted molar refractivity (Wildman–Crippen MR) is 86.4 cm³/mol. The van der Waals surface area contributed by atoms with E-state index in [-0.39, 0.29) is 29.8 Å². The van der Waals surface area contributed by atoms with Crippen LogP contribution in [0.25, 0.3) is 0 Å². The van der Waals surface area contributed by atoms with Crippen LogP contribution in [0.5, 0.6) is 0 Å². The van der Waals surface area contributed by atoms with Crippen LogP contribution in [0.1, 0.15) is 67.2 Å². The standard InChI is InChI=1S/C16H33N3O2/c1-7-8-16(6,11-20)18-13(21)17-12-9-14(2,3)19-15(4,5)10-12/h12,19-20H,7-11H2,1-6H3,(H2,17,18,21). The Balaban J connectivity index is 2.62. The van der Waals surface area contributed by atoms with Crippen LogP contribution in [-0.2, 0) is 0 Å². The van der Waals surface area contributed by atoms with Crippen LogP contribution in [0.4, 0.5) is 4.79 Å². The van der Waals surface area contributed by atoms with E-state index in [1.807, 2.05) is 13.8 Å². The first kappa shape index (κ1) is 18.2. The second kappa shape index (κ2) is 6.53. The van der Waals surface area contributed by atoms with Crippen molar-refractivity contribution in [2.75, 3.05) is 6.61 Å². The number of carbonyl (C=O) groups is 1. The highest BCUT2D eigenvalue weighted by atomic mass is 16.3. The van der Waals surface area contributed by atoms with Gasteiger partial charge >= 0.3 is 6.03 Å². The molecule has 0 aromatic carbocycles. The zero-order chi connectivity index (χ0) is 16.3. The topological polar surface area (TPSA) is 73.4 Å². The molecular weight excluding hydrogens is 266 g/mol. The summed E-state index contributed by atoms with van der Waals surface area (Å²) in [6.07, 6.45) is 3.48. The van der Waals surface area contributed by atoms with E-state index in [1.165, 1.54) is 0 Å². The van der Waals surface area contributed by atoms with Gasteiger partial charge in [0.2, 0.25) is 0 Å². The first-order valence-electron chi connectivity index (χ1n) is 8.00. The summed E-state index contributed by atoms with van der Waals surface area (Å²) in [6.45, 7) is 12.5. The molecule has 5 heteroatoms. The number of nitrogens with one attached hydrogen (secondary N) is 3. The summed E-state index contributed by atoms with van der Waals surface area (Å²) in [5.41, 5.74) is -0.538. The highest BCUT2D eigenvalue weighted by Gasteiger charge is 2.38. The lowest BCUT2D eigenvalue weighted by Gasteiger charge is -2.46. The number of amides is 2. The van der Waals surface area contributed by atoms with E-state index in [1.54, 1.807) is 0 Å². The molecule has 0 bridgehead atoms. The number of carbonyl (C=O) groups excluding carboxylic acids is 1. The largest absolute Gasteiger partial charge is 0.394 e. The molecule has 1 atom stereocenters. The van der Waals surface area contributed by atoms with Gasteiger partial charge in [-0.05, 0) is 53.9 Å². The van der Waals surface area contributed by atoms with E-state index in [9.17, 15) is 9.90 Å². The summed E-state index contributed by atoms with van der Waals surface area (Å²) in [5.74, 6) is 0. The molecule has 0 aromatic rings. The zero-order valence-corrected chi connectivity index (χ0v) is 14.5. The zero-order valence-electron chi connectivity index (χ0n) is 14.5. The summed E-state index contributed by atoms with van der Waals surface area (Å²) in [7, 11) is 0. The van der Waals surface area contributed by atoms with Crippen LogP contribution in [-0.4, -0.2) is 40.4 Å². The van der Waals surface area contributed by atoms with Crippen molar-refractivity contribution < 1.29 is 9.90 Å². The van der Waals surface area contributed by atoms with Crippen molar-refractivity contribution in [1.82, 2.24) is 16.0 Å². The number of rotatable bonds is 5. The van der Waals surface area contributed by atoms with Gasteiger partial charge in [0.1, 0.15) is 0 Å². The normalized spacial score (nSPS) is 24.1. The molecule has 1 aliphatic rings. The number of hydrogen-bond acceptors (Lipinski definition) is 3. The van der Waals surface area contributed by atoms with Crippen molar-refractivity contribution in [2.45, 2.75) is 89.9 Å². The predicted octanol–water partition coefficient (Wildman–Crippen LogP) is 2.15. The molecule has 1 unspecified atom stereocenters. The van der Waals surface area contributed by atoms with Crippen LogP contribution in [0, 0.1) is 0 Å². The number of hydrogen-bond donors (Lipinski definition) is 4. The van der Waals surface area contributed by atoms with Crippen molar-refractivity contribution >= 4 is 6.03 Å². The molecule has 0 aromatic heterocycles. The van der Waals surface area contributed by atoms with Crippen molar-refractivity contribution in [2.24, 2.45) is 0 Å². The Hall–Kier alpha value is -0.810. The average molecular weight is 299 g/mol. The van der Waals surface area contributed by atoms with Crippen molar-refractivity contribution in [3.8, 4) is 0 Å². The minimum atomic E-state index is -0.545. The molecule has 0 radical (unpaired) electrons. The van der Waals surface area contributed by atoms with E-state index < -0.39 is 5.54 Å². The fourth-order valence-corrected chi connectivity index (χ4v) is 3.65. The molecule has 21 heavy (non-hydrogen) atoms. The highest BCUT2D eigenvalue weighted by Crippen LogP contribution is 2.28. The van der Waals surface area contributed by atoms with Crippen molar-refractivity contribution in [3.63, 3.8) is 0 Å². The van der Waals surface area contributed by atoms with Crippen molar-refractivity contribution in [3.05, 3.63) is 0 Å². The van der Waals surface area contributed by atoms with Gasteiger partial charge < -0.3 is 21.1 Å². The van der Waals surface area contributed by atoms with E-state index in [2.05, 4.69) is 43.6 Å². The number of aliphatic hydroxyl groups excluding tert-OH is 1. The van der Waals surface area contributed by atoms with Gasteiger partial charge in [-0.25, -0.2) is 4.79 Å². The smallest absolute Gasteiger partial charge is 0.315 e. The number of aliphatic hydroxyl groups is 1. The molecule has 4 N–H and O–H groups in total.